The molecule has 1 atom stereocenters. The molecule has 0 bridgehead atoms. The van der Waals surface area contributed by atoms with E-state index in [1.807, 2.05) is 18.2 Å². The van der Waals surface area contributed by atoms with Crippen LogP contribution in [0.3, 0.4) is 0 Å². The Labute approximate surface area is 217 Å². The summed E-state index contributed by atoms with van der Waals surface area (Å²) in [7, 11) is -3.23. The number of nitrogens with one attached hydrogen (secondary N) is 2. The first-order chi connectivity index (χ1) is 17.3. The Morgan fingerprint density at radius 3 is 2.44 bits per heavy atom. The number of fused-ring (bicyclic) bond motifs is 1. The van der Waals surface area contributed by atoms with Crippen LogP contribution < -0.4 is 10.0 Å². The zero-order chi connectivity index (χ0) is 26.0. The van der Waals surface area contributed by atoms with Crippen molar-refractivity contribution in [1.82, 2.24) is 10.2 Å². The fraction of sp³-hybridized carbons (Fsp3) is 0.571. The van der Waals surface area contributed by atoms with Gasteiger partial charge in [0.1, 0.15) is 0 Å². The van der Waals surface area contributed by atoms with Gasteiger partial charge in [0, 0.05) is 17.3 Å². The van der Waals surface area contributed by atoms with E-state index in [4.69, 9.17) is 0 Å². The van der Waals surface area contributed by atoms with Gasteiger partial charge in [0.2, 0.25) is 10.0 Å². The highest BCUT2D eigenvalue weighted by Gasteiger charge is 2.26. The maximum Gasteiger partial charge on any atom is 0.229 e. The number of nitrogens with zero attached hydrogens (tertiary/aromatic N) is 1. The van der Waals surface area contributed by atoms with Crippen LogP contribution in [0.15, 0.2) is 36.4 Å². The number of aromatic hydroxyl groups is 2. The van der Waals surface area contributed by atoms with Crippen LogP contribution in [0.5, 0.6) is 11.5 Å². The number of sulfonamides is 1. The molecule has 0 saturated carbocycles. The number of hydrogen-bond donors (Lipinski definition) is 4. The quantitative estimate of drug-likeness (QED) is 0.206. The molecule has 200 valence electrons. The molecule has 0 unspecified atom stereocenters. The van der Waals surface area contributed by atoms with E-state index in [2.05, 4.69) is 21.9 Å². The first kappa shape index (κ1) is 28.3. The number of benzene rings is 2. The lowest BCUT2D eigenvalue weighted by Crippen LogP contribution is -2.40. The molecule has 2 aromatic carbocycles. The summed E-state index contributed by atoms with van der Waals surface area (Å²) in [5.41, 5.74) is 3.89. The molecule has 1 aliphatic carbocycles. The predicted molar refractivity (Wildman–Crippen MR) is 147 cm³/mol. The van der Waals surface area contributed by atoms with Crippen LogP contribution in [0.4, 0.5) is 5.69 Å². The highest BCUT2D eigenvalue weighted by atomic mass is 32.2. The van der Waals surface area contributed by atoms with E-state index in [0.29, 0.717) is 11.7 Å². The van der Waals surface area contributed by atoms with Crippen LogP contribution in [0, 0.1) is 0 Å². The lowest BCUT2D eigenvalue weighted by Gasteiger charge is -2.35. The summed E-state index contributed by atoms with van der Waals surface area (Å²) in [6.45, 7) is 6.40. The molecule has 2 aromatic rings. The zero-order valence-electron chi connectivity index (χ0n) is 21.8. The highest BCUT2D eigenvalue weighted by Crippen LogP contribution is 2.36. The largest absolute Gasteiger partial charge is 0.504 e. The van der Waals surface area contributed by atoms with Crippen molar-refractivity contribution in [3.05, 3.63) is 53.1 Å². The lowest BCUT2D eigenvalue weighted by atomic mass is 9.86. The molecule has 0 radical (unpaired) electrons. The molecule has 8 heteroatoms. The third kappa shape index (κ3) is 8.98. The van der Waals surface area contributed by atoms with Crippen LogP contribution in [-0.4, -0.2) is 62.0 Å². The normalized spacial score (nSPS) is 15.7. The van der Waals surface area contributed by atoms with E-state index < -0.39 is 10.0 Å². The summed E-state index contributed by atoms with van der Waals surface area (Å²) in [5, 5.41) is 23.5. The van der Waals surface area contributed by atoms with Crippen LogP contribution in [0.25, 0.3) is 0 Å². The van der Waals surface area contributed by atoms with E-state index in [1.54, 1.807) is 18.2 Å². The molecule has 4 N–H and O–H groups in total. The Morgan fingerprint density at radius 2 is 1.72 bits per heavy atom. The van der Waals surface area contributed by atoms with Gasteiger partial charge in [0.05, 0.1) is 6.26 Å². The number of anilines is 1. The van der Waals surface area contributed by atoms with Crippen molar-refractivity contribution in [3.8, 4) is 11.5 Å². The van der Waals surface area contributed by atoms with Crippen molar-refractivity contribution in [3.63, 3.8) is 0 Å². The van der Waals surface area contributed by atoms with E-state index in [-0.39, 0.29) is 11.5 Å². The predicted octanol–water partition coefficient (Wildman–Crippen LogP) is 4.43. The SMILES string of the molecule is CCCN(CCCCCCNCCc1ccc(NS(C)(=O)=O)cc1)[C@H]1CCc2c(ccc(O)c2O)C1. The molecule has 0 aromatic heterocycles. The molecule has 0 aliphatic heterocycles. The molecular weight excluding hydrogens is 474 g/mol. The van der Waals surface area contributed by atoms with Gasteiger partial charge < -0.3 is 20.4 Å². The van der Waals surface area contributed by atoms with E-state index in [0.717, 1.165) is 70.1 Å². The Bertz CT molecular complexity index is 1060. The fourth-order valence-electron chi connectivity index (χ4n) is 5.11. The van der Waals surface area contributed by atoms with Gasteiger partial charge in [0.25, 0.3) is 0 Å². The van der Waals surface area contributed by atoms with Gasteiger partial charge in [-0.15, -0.1) is 0 Å². The standard InChI is InChI=1S/C28H43N3O4S/c1-3-19-31(25-13-14-26-23(21-25)10-15-27(32)28(26)33)20-7-5-4-6-17-29-18-16-22-8-11-24(12-9-22)30-36(2,34)35/h8-12,15,25,29-30,32-33H,3-7,13-14,16-21H2,1-2H3/t25-/m0/s1. The Balaban J connectivity index is 1.28. The molecule has 7 nitrogen and oxygen atoms in total. The van der Waals surface area contributed by atoms with Crippen LogP contribution in [-0.2, 0) is 29.3 Å². The minimum atomic E-state index is -3.23. The number of unbranched alkanes of at least 4 members (excludes halogenated alkanes) is 3. The first-order valence-electron chi connectivity index (χ1n) is 13.3. The number of hydrogen-bond acceptors (Lipinski definition) is 6. The second-order valence-corrected chi connectivity index (χ2v) is 11.7. The number of phenols is 2. The summed E-state index contributed by atoms with van der Waals surface area (Å²) < 4.78 is 25.0. The maximum atomic E-state index is 11.3. The highest BCUT2D eigenvalue weighted by molar-refractivity contribution is 7.92. The van der Waals surface area contributed by atoms with Gasteiger partial charge in [0.15, 0.2) is 11.5 Å². The molecule has 0 heterocycles. The fourth-order valence-corrected chi connectivity index (χ4v) is 5.67. The van der Waals surface area contributed by atoms with Gasteiger partial charge in [-0.05, 0) is 100 Å². The summed E-state index contributed by atoms with van der Waals surface area (Å²) in [4.78, 5) is 2.63. The van der Waals surface area contributed by atoms with Crippen molar-refractivity contribution in [2.24, 2.45) is 0 Å². The first-order valence-corrected chi connectivity index (χ1v) is 15.2. The van der Waals surface area contributed by atoms with E-state index in [9.17, 15) is 18.6 Å². The lowest BCUT2D eigenvalue weighted by molar-refractivity contribution is 0.175. The topological polar surface area (TPSA) is 102 Å². The molecule has 1 aliphatic rings. The van der Waals surface area contributed by atoms with Crippen molar-refractivity contribution >= 4 is 15.7 Å². The number of phenolic OH excluding ortho intramolecular Hbond substituents is 2. The maximum absolute atomic E-state index is 11.3. The average Bonchev–Trinajstić information content (AvgIpc) is 2.84. The Kier molecular flexibility index (Phi) is 10.9. The van der Waals surface area contributed by atoms with Gasteiger partial charge in [-0.25, -0.2) is 8.42 Å². The molecule has 0 spiro atoms. The minimum Gasteiger partial charge on any atom is -0.504 e. The third-order valence-corrected chi connectivity index (χ3v) is 7.57. The van der Waals surface area contributed by atoms with Gasteiger partial charge in [-0.1, -0.05) is 38.0 Å². The van der Waals surface area contributed by atoms with Crippen LogP contribution in [0.2, 0.25) is 0 Å². The van der Waals surface area contributed by atoms with Crippen molar-refractivity contribution in [2.75, 3.05) is 37.2 Å². The molecule has 0 amide bonds. The van der Waals surface area contributed by atoms with Gasteiger partial charge >= 0.3 is 0 Å². The monoisotopic (exact) mass is 517 g/mol. The van der Waals surface area contributed by atoms with Crippen molar-refractivity contribution in [2.45, 2.75) is 70.8 Å². The third-order valence-electron chi connectivity index (χ3n) is 6.97. The molecule has 3 rings (SSSR count). The average molecular weight is 518 g/mol. The second kappa shape index (κ2) is 13.9. The summed E-state index contributed by atoms with van der Waals surface area (Å²) in [6.07, 6.45) is 10.9. The molecular formula is C28H43N3O4S. The van der Waals surface area contributed by atoms with Gasteiger partial charge in [-0.3, -0.25) is 4.72 Å². The zero-order valence-corrected chi connectivity index (χ0v) is 22.6. The van der Waals surface area contributed by atoms with Crippen LogP contribution >= 0.6 is 0 Å². The van der Waals surface area contributed by atoms with Crippen molar-refractivity contribution in [1.29, 1.82) is 0 Å². The van der Waals surface area contributed by atoms with E-state index >= 15 is 0 Å². The summed E-state index contributed by atoms with van der Waals surface area (Å²) in [6, 6.07) is 11.6. The molecule has 0 saturated heterocycles. The van der Waals surface area contributed by atoms with Crippen LogP contribution in [0.1, 0.15) is 62.1 Å². The smallest absolute Gasteiger partial charge is 0.229 e. The summed E-state index contributed by atoms with van der Waals surface area (Å²) >= 11 is 0. The molecule has 36 heavy (non-hydrogen) atoms. The molecule has 0 fully saturated rings. The number of rotatable bonds is 15. The summed E-state index contributed by atoms with van der Waals surface area (Å²) in [5.74, 6) is 0.0617. The van der Waals surface area contributed by atoms with E-state index in [1.165, 1.54) is 36.8 Å². The van der Waals surface area contributed by atoms with Crippen molar-refractivity contribution < 1.29 is 18.6 Å². The Morgan fingerprint density at radius 1 is 0.972 bits per heavy atom. The van der Waals surface area contributed by atoms with Gasteiger partial charge in [-0.2, -0.15) is 0 Å². The Hall–Kier alpha value is -2.29. The second-order valence-electron chi connectivity index (χ2n) is 9.99. The minimum absolute atomic E-state index is 0.00903.